The molecule has 0 radical (unpaired) electrons. The summed E-state index contributed by atoms with van der Waals surface area (Å²) >= 11 is 4.73. The van der Waals surface area contributed by atoms with Gasteiger partial charge in [-0.1, -0.05) is 20.8 Å². The van der Waals surface area contributed by atoms with E-state index in [0.29, 0.717) is 10.7 Å². The van der Waals surface area contributed by atoms with Crippen molar-refractivity contribution in [3.8, 4) is 0 Å². The van der Waals surface area contributed by atoms with Crippen LogP contribution in [-0.4, -0.2) is 16.1 Å². The van der Waals surface area contributed by atoms with Crippen LogP contribution in [0.1, 0.15) is 36.1 Å². The third-order valence-corrected chi connectivity index (χ3v) is 4.05. The molecule has 1 amide bonds. The summed E-state index contributed by atoms with van der Waals surface area (Å²) in [6.45, 7) is 6.26. The average Bonchev–Trinajstić information content (AvgIpc) is 2.85. The van der Waals surface area contributed by atoms with Crippen molar-refractivity contribution in [2.24, 2.45) is 0 Å². The number of anilines is 1. The monoisotopic (exact) mass is 327 g/mol. The molecule has 96 valence electrons. The Balaban J connectivity index is 2.10. The summed E-state index contributed by atoms with van der Waals surface area (Å²) in [6.07, 6.45) is 0. The zero-order chi connectivity index (χ0) is 13.3. The van der Waals surface area contributed by atoms with Crippen LogP contribution in [-0.2, 0) is 5.41 Å². The SMILES string of the molecule is CC(C)(C)c1cc(NC(=O)c2ccc(Br)s2)n[nH]1. The van der Waals surface area contributed by atoms with E-state index in [-0.39, 0.29) is 11.3 Å². The second-order valence-electron chi connectivity index (χ2n) is 4.97. The van der Waals surface area contributed by atoms with Crippen molar-refractivity contribution in [2.75, 3.05) is 5.32 Å². The number of carbonyl (C=O) groups excluding carboxylic acids is 1. The number of hydrogen-bond donors (Lipinski definition) is 2. The first-order chi connectivity index (χ1) is 8.36. The Morgan fingerprint density at radius 2 is 2.17 bits per heavy atom. The fraction of sp³-hybridized carbons (Fsp3) is 0.333. The molecule has 0 fully saturated rings. The number of aromatic amines is 1. The first-order valence-corrected chi connectivity index (χ1v) is 7.10. The lowest BCUT2D eigenvalue weighted by atomic mass is 9.92. The standard InChI is InChI=1S/C12H14BrN3OS/c1-12(2,3)8-6-10(16-15-8)14-11(17)7-4-5-9(13)18-7/h4-6H,1-3H3,(H2,14,15,16,17). The van der Waals surface area contributed by atoms with Gasteiger partial charge in [0.25, 0.3) is 5.91 Å². The number of H-pyrrole nitrogens is 1. The fourth-order valence-electron chi connectivity index (χ4n) is 1.38. The lowest BCUT2D eigenvalue weighted by Gasteiger charge is -2.14. The molecule has 0 atom stereocenters. The second-order valence-corrected chi connectivity index (χ2v) is 7.44. The van der Waals surface area contributed by atoms with E-state index >= 15 is 0 Å². The van der Waals surface area contributed by atoms with Gasteiger partial charge in [-0.3, -0.25) is 9.89 Å². The number of thiophene rings is 1. The van der Waals surface area contributed by atoms with Gasteiger partial charge in [-0.15, -0.1) is 11.3 Å². The summed E-state index contributed by atoms with van der Waals surface area (Å²) in [5.74, 6) is 0.409. The number of nitrogens with zero attached hydrogens (tertiary/aromatic N) is 1. The van der Waals surface area contributed by atoms with Crippen LogP contribution in [0.2, 0.25) is 0 Å². The zero-order valence-electron chi connectivity index (χ0n) is 10.4. The Morgan fingerprint density at radius 3 is 2.67 bits per heavy atom. The molecule has 0 unspecified atom stereocenters. The Hall–Kier alpha value is -1.14. The molecule has 4 nitrogen and oxygen atoms in total. The fourth-order valence-corrected chi connectivity index (χ4v) is 2.67. The van der Waals surface area contributed by atoms with Crippen LogP contribution >= 0.6 is 27.3 Å². The molecule has 0 aromatic carbocycles. The third kappa shape index (κ3) is 3.00. The van der Waals surface area contributed by atoms with E-state index < -0.39 is 0 Å². The Bertz CT molecular complexity index is 568. The number of rotatable bonds is 2. The van der Waals surface area contributed by atoms with Crippen LogP contribution in [0.5, 0.6) is 0 Å². The number of hydrogen-bond acceptors (Lipinski definition) is 3. The summed E-state index contributed by atoms with van der Waals surface area (Å²) in [5.41, 5.74) is 0.979. The average molecular weight is 328 g/mol. The maximum absolute atomic E-state index is 11.9. The molecule has 6 heteroatoms. The van der Waals surface area contributed by atoms with Gasteiger partial charge in [0, 0.05) is 17.2 Å². The van der Waals surface area contributed by atoms with E-state index in [4.69, 9.17) is 0 Å². The van der Waals surface area contributed by atoms with Crippen molar-refractivity contribution in [1.82, 2.24) is 10.2 Å². The molecule has 2 aromatic heterocycles. The van der Waals surface area contributed by atoms with E-state index in [1.54, 1.807) is 6.07 Å². The lowest BCUT2D eigenvalue weighted by molar-refractivity contribution is 0.103. The topological polar surface area (TPSA) is 57.8 Å². The van der Waals surface area contributed by atoms with Crippen molar-refractivity contribution in [2.45, 2.75) is 26.2 Å². The molecule has 2 rings (SSSR count). The molecule has 0 saturated carbocycles. The van der Waals surface area contributed by atoms with Gasteiger partial charge in [0.2, 0.25) is 0 Å². The highest BCUT2D eigenvalue weighted by atomic mass is 79.9. The van der Waals surface area contributed by atoms with E-state index in [1.807, 2.05) is 12.1 Å². The Morgan fingerprint density at radius 1 is 1.44 bits per heavy atom. The maximum atomic E-state index is 11.9. The second kappa shape index (κ2) is 4.85. The van der Waals surface area contributed by atoms with Crippen LogP contribution in [0.4, 0.5) is 5.82 Å². The largest absolute Gasteiger partial charge is 0.304 e. The quantitative estimate of drug-likeness (QED) is 0.881. The summed E-state index contributed by atoms with van der Waals surface area (Å²) in [6, 6.07) is 5.49. The Labute approximate surface area is 118 Å². The minimum atomic E-state index is -0.141. The maximum Gasteiger partial charge on any atom is 0.266 e. The highest BCUT2D eigenvalue weighted by Crippen LogP contribution is 2.24. The number of halogens is 1. The van der Waals surface area contributed by atoms with Crippen LogP contribution in [0.25, 0.3) is 0 Å². The molecular formula is C12H14BrN3OS. The Kier molecular flexibility index (Phi) is 3.59. The van der Waals surface area contributed by atoms with Gasteiger partial charge in [0.1, 0.15) is 0 Å². The predicted octanol–water partition coefficient (Wildman–Crippen LogP) is 3.78. The van der Waals surface area contributed by atoms with Crippen molar-refractivity contribution >= 4 is 39.0 Å². The normalized spacial score (nSPS) is 11.6. The number of amides is 1. The summed E-state index contributed by atoms with van der Waals surface area (Å²) in [7, 11) is 0. The molecule has 0 aliphatic rings. The van der Waals surface area contributed by atoms with Crippen LogP contribution in [0, 0.1) is 0 Å². The number of aromatic nitrogens is 2. The van der Waals surface area contributed by atoms with Crippen molar-refractivity contribution < 1.29 is 4.79 Å². The summed E-state index contributed by atoms with van der Waals surface area (Å²) in [4.78, 5) is 12.6. The third-order valence-electron chi connectivity index (χ3n) is 2.42. The summed E-state index contributed by atoms with van der Waals surface area (Å²) < 4.78 is 0.935. The number of nitrogens with one attached hydrogen (secondary N) is 2. The van der Waals surface area contributed by atoms with E-state index in [9.17, 15) is 4.79 Å². The van der Waals surface area contributed by atoms with Crippen molar-refractivity contribution in [3.05, 3.63) is 32.6 Å². The first kappa shape index (κ1) is 13.3. The minimum Gasteiger partial charge on any atom is -0.304 e. The molecule has 0 spiro atoms. The molecule has 0 aliphatic heterocycles. The zero-order valence-corrected chi connectivity index (χ0v) is 12.8. The molecule has 0 bridgehead atoms. The number of carbonyl (C=O) groups is 1. The van der Waals surface area contributed by atoms with Gasteiger partial charge in [-0.05, 0) is 28.1 Å². The highest BCUT2D eigenvalue weighted by molar-refractivity contribution is 9.11. The molecule has 18 heavy (non-hydrogen) atoms. The highest BCUT2D eigenvalue weighted by Gasteiger charge is 2.18. The van der Waals surface area contributed by atoms with Gasteiger partial charge in [0.05, 0.1) is 8.66 Å². The molecule has 2 N–H and O–H groups in total. The van der Waals surface area contributed by atoms with Gasteiger partial charge < -0.3 is 5.32 Å². The van der Waals surface area contributed by atoms with Crippen LogP contribution in [0.3, 0.4) is 0 Å². The predicted molar refractivity (Wildman–Crippen MR) is 77.3 cm³/mol. The van der Waals surface area contributed by atoms with Crippen LogP contribution in [0.15, 0.2) is 22.0 Å². The van der Waals surface area contributed by atoms with Crippen LogP contribution < -0.4 is 5.32 Å². The van der Waals surface area contributed by atoms with E-state index in [2.05, 4.69) is 52.2 Å². The lowest BCUT2D eigenvalue weighted by Crippen LogP contribution is -2.11. The molecular weight excluding hydrogens is 314 g/mol. The molecule has 0 saturated heterocycles. The van der Waals surface area contributed by atoms with E-state index in [0.717, 1.165) is 9.48 Å². The van der Waals surface area contributed by atoms with Crippen molar-refractivity contribution in [3.63, 3.8) is 0 Å². The van der Waals surface area contributed by atoms with Gasteiger partial charge in [-0.2, -0.15) is 5.10 Å². The first-order valence-electron chi connectivity index (χ1n) is 5.49. The molecule has 0 aliphatic carbocycles. The van der Waals surface area contributed by atoms with Gasteiger partial charge in [-0.25, -0.2) is 0 Å². The molecule has 2 heterocycles. The van der Waals surface area contributed by atoms with Gasteiger partial charge >= 0.3 is 0 Å². The smallest absolute Gasteiger partial charge is 0.266 e. The van der Waals surface area contributed by atoms with Crippen molar-refractivity contribution in [1.29, 1.82) is 0 Å². The minimum absolute atomic E-state index is 0.0120. The van der Waals surface area contributed by atoms with E-state index in [1.165, 1.54) is 11.3 Å². The summed E-state index contributed by atoms with van der Waals surface area (Å²) in [5, 5.41) is 9.80. The molecule has 2 aromatic rings. The van der Waals surface area contributed by atoms with Gasteiger partial charge in [0.15, 0.2) is 5.82 Å².